The summed E-state index contributed by atoms with van der Waals surface area (Å²) in [6.07, 6.45) is 0. The Hall–Kier alpha value is -1.70. The summed E-state index contributed by atoms with van der Waals surface area (Å²) in [5, 5.41) is 2.26. The topological polar surface area (TPSA) is 18.5 Å². The highest BCUT2D eigenvalue weighted by atomic mass is 16.5. The Balaban J connectivity index is 2.56. The second-order valence-electron chi connectivity index (χ2n) is 3.28. The number of benzene rings is 2. The monoisotopic (exact) mass is 202 g/mol. The molecule has 78 valence electrons. The molecule has 0 spiro atoms. The number of fused-ring (bicyclic) bond motifs is 1. The zero-order chi connectivity index (χ0) is 10.7. The van der Waals surface area contributed by atoms with E-state index in [1.807, 2.05) is 37.3 Å². The zero-order valence-corrected chi connectivity index (χ0v) is 8.99. The lowest BCUT2D eigenvalue weighted by Crippen LogP contribution is -1.92. The molecule has 0 bridgehead atoms. The molecule has 0 heterocycles. The van der Waals surface area contributed by atoms with E-state index in [2.05, 4.69) is 6.07 Å². The van der Waals surface area contributed by atoms with E-state index in [-0.39, 0.29) is 0 Å². The van der Waals surface area contributed by atoms with Crippen molar-refractivity contribution in [1.29, 1.82) is 0 Å². The molecule has 2 aromatic carbocycles. The lowest BCUT2D eigenvalue weighted by molar-refractivity contribution is 0.344. The molecular weight excluding hydrogens is 188 g/mol. The van der Waals surface area contributed by atoms with Gasteiger partial charge in [0, 0.05) is 5.39 Å². The van der Waals surface area contributed by atoms with E-state index < -0.39 is 0 Å². The van der Waals surface area contributed by atoms with Crippen molar-refractivity contribution in [1.82, 2.24) is 0 Å². The van der Waals surface area contributed by atoms with Crippen LogP contribution in [0.2, 0.25) is 0 Å². The van der Waals surface area contributed by atoms with E-state index in [0.29, 0.717) is 6.61 Å². The van der Waals surface area contributed by atoms with Crippen LogP contribution in [0.25, 0.3) is 10.8 Å². The van der Waals surface area contributed by atoms with Gasteiger partial charge in [-0.05, 0) is 36.6 Å². The van der Waals surface area contributed by atoms with Crippen LogP contribution in [0, 0.1) is 0 Å². The molecule has 0 atom stereocenters. The quantitative estimate of drug-likeness (QED) is 0.760. The van der Waals surface area contributed by atoms with Crippen LogP contribution in [0.4, 0.5) is 0 Å². The summed E-state index contributed by atoms with van der Waals surface area (Å²) in [7, 11) is 1.67. The lowest BCUT2D eigenvalue weighted by atomic mass is 10.1. The average molecular weight is 202 g/mol. The van der Waals surface area contributed by atoms with Gasteiger partial charge in [0.25, 0.3) is 0 Å². The summed E-state index contributed by atoms with van der Waals surface area (Å²) in [4.78, 5) is 0. The Kier molecular flexibility index (Phi) is 2.77. The van der Waals surface area contributed by atoms with Gasteiger partial charge in [0.1, 0.15) is 11.5 Å². The molecule has 0 fully saturated rings. The third kappa shape index (κ3) is 1.89. The molecule has 2 rings (SSSR count). The number of hydrogen-bond donors (Lipinski definition) is 0. The van der Waals surface area contributed by atoms with Gasteiger partial charge < -0.3 is 9.47 Å². The van der Waals surface area contributed by atoms with Gasteiger partial charge in [-0.1, -0.05) is 12.1 Å². The molecule has 0 aliphatic rings. The van der Waals surface area contributed by atoms with Crippen LogP contribution < -0.4 is 9.47 Å². The summed E-state index contributed by atoms with van der Waals surface area (Å²) in [5.41, 5.74) is 0. The van der Waals surface area contributed by atoms with Crippen molar-refractivity contribution in [2.24, 2.45) is 0 Å². The van der Waals surface area contributed by atoms with Crippen LogP contribution in [-0.2, 0) is 0 Å². The molecule has 0 saturated heterocycles. The van der Waals surface area contributed by atoms with Gasteiger partial charge in [-0.2, -0.15) is 0 Å². The maximum atomic E-state index is 5.55. The van der Waals surface area contributed by atoms with Crippen LogP contribution in [0.5, 0.6) is 11.5 Å². The van der Waals surface area contributed by atoms with Crippen LogP contribution in [0.1, 0.15) is 6.92 Å². The SMILES string of the molecule is CCOc1cccc2cc(OC)ccc12. The molecule has 0 saturated carbocycles. The molecule has 2 heteroatoms. The summed E-state index contributed by atoms with van der Waals surface area (Å²) in [6, 6.07) is 12.0. The van der Waals surface area contributed by atoms with Crippen molar-refractivity contribution < 1.29 is 9.47 Å². The summed E-state index contributed by atoms with van der Waals surface area (Å²) in [6.45, 7) is 2.67. The van der Waals surface area contributed by atoms with E-state index in [1.165, 1.54) is 0 Å². The van der Waals surface area contributed by atoms with Crippen molar-refractivity contribution >= 4 is 10.8 Å². The highest BCUT2D eigenvalue weighted by molar-refractivity contribution is 5.89. The second-order valence-corrected chi connectivity index (χ2v) is 3.28. The first-order chi connectivity index (χ1) is 7.35. The van der Waals surface area contributed by atoms with Gasteiger partial charge in [-0.3, -0.25) is 0 Å². The smallest absolute Gasteiger partial charge is 0.127 e. The molecule has 0 radical (unpaired) electrons. The third-order valence-corrected chi connectivity index (χ3v) is 2.35. The molecule has 0 aliphatic carbocycles. The fraction of sp³-hybridized carbons (Fsp3) is 0.231. The standard InChI is InChI=1S/C13H14O2/c1-3-15-13-6-4-5-10-9-11(14-2)7-8-12(10)13/h4-9H,3H2,1-2H3. The Morgan fingerprint density at radius 1 is 1.13 bits per heavy atom. The van der Waals surface area contributed by atoms with Gasteiger partial charge in [0.15, 0.2) is 0 Å². The first kappa shape index (κ1) is 9.84. The fourth-order valence-electron chi connectivity index (χ4n) is 1.64. The second kappa shape index (κ2) is 4.22. The predicted octanol–water partition coefficient (Wildman–Crippen LogP) is 3.25. The van der Waals surface area contributed by atoms with Crippen LogP contribution in [0.15, 0.2) is 36.4 Å². The molecule has 0 amide bonds. The Labute approximate surface area is 89.4 Å². The van der Waals surface area contributed by atoms with E-state index in [4.69, 9.17) is 9.47 Å². The molecule has 2 aromatic rings. The van der Waals surface area contributed by atoms with Crippen LogP contribution >= 0.6 is 0 Å². The van der Waals surface area contributed by atoms with Gasteiger partial charge in [-0.15, -0.1) is 0 Å². The highest BCUT2D eigenvalue weighted by Crippen LogP contribution is 2.28. The van der Waals surface area contributed by atoms with Crippen molar-refractivity contribution in [3.8, 4) is 11.5 Å². The van der Waals surface area contributed by atoms with Crippen LogP contribution in [0.3, 0.4) is 0 Å². The largest absolute Gasteiger partial charge is 0.497 e. The maximum absolute atomic E-state index is 5.55. The van der Waals surface area contributed by atoms with Gasteiger partial charge in [-0.25, -0.2) is 0 Å². The number of ether oxygens (including phenoxy) is 2. The van der Waals surface area contributed by atoms with Crippen molar-refractivity contribution in [3.05, 3.63) is 36.4 Å². The minimum absolute atomic E-state index is 0.686. The van der Waals surface area contributed by atoms with Gasteiger partial charge in [0.05, 0.1) is 13.7 Å². The number of hydrogen-bond acceptors (Lipinski definition) is 2. The Morgan fingerprint density at radius 3 is 2.73 bits per heavy atom. The molecule has 0 aliphatic heterocycles. The van der Waals surface area contributed by atoms with E-state index in [1.54, 1.807) is 7.11 Å². The first-order valence-electron chi connectivity index (χ1n) is 5.04. The Morgan fingerprint density at radius 2 is 2.00 bits per heavy atom. The van der Waals surface area contributed by atoms with Crippen molar-refractivity contribution in [3.63, 3.8) is 0 Å². The van der Waals surface area contributed by atoms with Crippen molar-refractivity contribution in [2.75, 3.05) is 13.7 Å². The van der Waals surface area contributed by atoms with Gasteiger partial charge >= 0.3 is 0 Å². The third-order valence-electron chi connectivity index (χ3n) is 2.35. The predicted molar refractivity (Wildman–Crippen MR) is 61.7 cm³/mol. The number of methoxy groups -OCH3 is 1. The van der Waals surface area contributed by atoms with Crippen LogP contribution in [-0.4, -0.2) is 13.7 Å². The van der Waals surface area contributed by atoms with E-state index in [9.17, 15) is 0 Å². The maximum Gasteiger partial charge on any atom is 0.127 e. The minimum Gasteiger partial charge on any atom is -0.497 e. The zero-order valence-electron chi connectivity index (χ0n) is 8.99. The minimum atomic E-state index is 0.686. The summed E-state index contributed by atoms with van der Waals surface area (Å²) < 4.78 is 10.7. The molecule has 2 nitrogen and oxygen atoms in total. The highest BCUT2D eigenvalue weighted by Gasteiger charge is 2.01. The van der Waals surface area contributed by atoms with E-state index >= 15 is 0 Å². The molecular formula is C13H14O2. The lowest BCUT2D eigenvalue weighted by Gasteiger charge is -2.08. The molecule has 15 heavy (non-hydrogen) atoms. The molecule has 0 unspecified atom stereocenters. The van der Waals surface area contributed by atoms with Crippen molar-refractivity contribution in [2.45, 2.75) is 6.92 Å². The molecule has 0 aromatic heterocycles. The van der Waals surface area contributed by atoms with E-state index in [0.717, 1.165) is 22.3 Å². The summed E-state index contributed by atoms with van der Waals surface area (Å²) >= 11 is 0. The average Bonchev–Trinajstić information content (AvgIpc) is 2.29. The fourth-order valence-corrected chi connectivity index (χ4v) is 1.64. The number of rotatable bonds is 3. The molecule has 0 N–H and O–H groups in total. The Bertz CT molecular complexity index is 463. The first-order valence-corrected chi connectivity index (χ1v) is 5.04. The van der Waals surface area contributed by atoms with Gasteiger partial charge in [0.2, 0.25) is 0 Å². The normalized spacial score (nSPS) is 10.3. The summed E-state index contributed by atoms with van der Waals surface area (Å²) in [5.74, 6) is 1.80.